The van der Waals surface area contributed by atoms with Crippen LogP contribution in [0.5, 0.6) is 0 Å². The summed E-state index contributed by atoms with van der Waals surface area (Å²) in [6.07, 6.45) is 61.1. The maximum absolute atomic E-state index is 13.0. The maximum atomic E-state index is 13.0. The van der Waals surface area contributed by atoms with E-state index in [9.17, 15) is 43.2 Å². The van der Waals surface area contributed by atoms with Gasteiger partial charge in [-0.25, -0.2) is 9.13 Å². The number of ether oxygens (including phenoxy) is 4. The molecule has 4 atom stereocenters. The van der Waals surface area contributed by atoms with Crippen LogP contribution in [0.2, 0.25) is 0 Å². The second-order valence-corrected chi connectivity index (χ2v) is 27.8. The lowest BCUT2D eigenvalue weighted by molar-refractivity contribution is -0.161. The Morgan fingerprint density at radius 1 is 0.293 bits per heavy atom. The standard InChI is InChI=1S/C73H134O17P2/c1-5-9-13-17-21-25-29-33-37-41-45-49-53-57-70(75)83-63-68(89-72(77)59-55-51-47-43-39-35-31-27-23-19-15-11-7-3)65-87-91(79,80)85-61-67(74)62-86-92(81,82)88-66-69(90-73(78)60-56-52-48-44-40-36-32-28-24-20-16-12-8-4)64-84-71(76)58-54-50-46-42-38-34-30-26-22-18-14-10-6-2/h25-32,67-69,74H,5-24,33-66H2,1-4H3,(H,79,80)(H,81,82)/b29-25-,30-26-,31-27-,32-28-/t68-,69-/m1/s1. The molecule has 0 bridgehead atoms. The van der Waals surface area contributed by atoms with Crippen LogP contribution < -0.4 is 0 Å². The minimum Gasteiger partial charge on any atom is -0.462 e. The van der Waals surface area contributed by atoms with E-state index in [1.54, 1.807) is 0 Å². The highest BCUT2D eigenvalue weighted by molar-refractivity contribution is 7.47. The molecule has 0 saturated heterocycles. The lowest BCUT2D eigenvalue weighted by Crippen LogP contribution is -2.30. The molecule has 0 heterocycles. The summed E-state index contributed by atoms with van der Waals surface area (Å²) < 4.78 is 68.3. The molecular weight excluding hydrogens is 1210 g/mol. The first kappa shape index (κ1) is 89.0. The minimum absolute atomic E-state index is 0.0877. The largest absolute Gasteiger partial charge is 0.472 e. The summed E-state index contributed by atoms with van der Waals surface area (Å²) in [4.78, 5) is 72.6. The Morgan fingerprint density at radius 2 is 0.500 bits per heavy atom. The van der Waals surface area contributed by atoms with E-state index in [-0.39, 0.29) is 25.7 Å². The smallest absolute Gasteiger partial charge is 0.462 e. The van der Waals surface area contributed by atoms with Crippen molar-refractivity contribution in [2.24, 2.45) is 0 Å². The first-order valence-corrected chi connectivity index (χ1v) is 39.9. The zero-order valence-corrected chi connectivity index (χ0v) is 60.3. The number of unbranched alkanes of at least 4 members (excludes halogenated alkanes) is 36. The highest BCUT2D eigenvalue weighted by Gasteiger charge is 2.30. The van der Waals surface area contributed by atoms with E-state index in [1.165, 1.54) is 103 Å². The lowest BCUT2D eigenvalue weighted by Gasteiger charge is -2.21. The van der Waals surface area contributed by atoms with Gasteiger partial charge in [0.15, 0.2) is 12.2 Å². The summed E-state index contributed by atoms with van der Waals surface area (Å²) in [7, 11) is -9.93. The number of esters is 4. The molecule has 0 fully saturated rings. The topological polar surface area (TPSA) is 237 Å². The van der Waals surface area contributed by atoms with E-state index in [4.69, 9.17) is 37.0 Å². The number of aliphatic hydroxyl groups is 1. The molecule has 2 unspecified atom stereocenters. The fraction of sp³-hybridized carbons (Fsp3) is 0.836. The van der Waals surface area contributed by atoms with E-state index < -0.39 is 97.5 Å². The first-order valence-electron chi connectivity index (χ1n) is 36.9. The number of rotatable bonds is 70. The summed E-state index contributed by atoms with van der Waals surface area (Å²) in [5, 5.41) is 10.6. The average Bonchev–Trinajstić information content (AvgIpc) is 3.63. The van der Waals surface area contributed by atoms with Crippen LogP contribution in [0.3, 0.4) is 0 Å². The maximum Gasteiger partial charge on any atom is 0.472 e. The molecule has 538 valence electrons. The van der Waals surface area contributed by atoms with Crippen molar-refractivity contribution in [1.29, 1.82) is 0 Å². The number of allylic oxidation sites excluding steroid dienone is 8. The SMILES string of the molecule is CCCCCC/C=C\CCCCCCCC(=O)OC[C@H](COP(=O)(O)OCC(O)COP(=O)(O)OC[C@@H](COC(=O)CCCCCCC/C=C\CCCCCC)OC(=O)CCCCCCC/C=C\CCCCCC)OC(=O)CCCCCCC/C=C\CCCCCC. The monoisotopic (exact) mass is 1340 g/mol. The Bertz CT molecular complexity index is 1810. The minimum atomic E-state index is -4.96. The van der Waals surface area contributed by atoms with Gasteiger partial charge in [-0.1, -0.05) is 230 Å². The van der Waals surface area contributed by atoms with Gasteiger partial charge in [0.25, 0.3) is 0 Å². The quantitative estimate of drug-likeness (QED) is 0.0169. The van der Waals surface area contributed by atoms with Crippen molar-refractivity contribution in [2.75, 3.05) is 39.6 Å². The number of phosphoric acid groups is 2. The number of hydrogen-bond donors (Lipinski definition) is 3. The van der Waals surface area contributed by atoms with Gasteiger partial charge >= 0.3 is 39.5 Å². The second kappa shape index (κ2) is 66.6. The van der Waals surface area contributed by atoms with Crippen molar-refractivity contribution in [3.8, 4) is 0 Å². The molecular formula is C73H134O17P2. The molecule has 0 aromatic carbocycles. The molecule has 0 aromatic rings. The Kier molecular flexibility index (Phi) is 64.5. The molecule has 0 aliphatic rings. The van der Waals surface area contributed by atoms with Crippen LogP contribution in [0.1, 0.15) is 336 Å². The molecule has 0 aliphatic heterocycles. The molecule has 0 radical (unpaired) electrons. The van der Waals surface area contributed by atoms with Crippen molar-refractivity contribution in [3.63, 3.8) is 0 Å². The predicted octanol–water partition coefficient (Wildman–Crippen LogP) is 20.6. The second-order valence-electron chi connectivity index (χ2n) is 24.9. The van der Waals surface area contributed by atoms with Gasteiger partial charge in [-0.3, -0.25) is 37.3 Å². The first-order chi connectivity index (χ1) is 44.7. The van der Waals surface area contributed by atoms with Crippen LogP contribution in [0.4, 0.5) is 0 Å². The molecule has 3 N–H and O–H groups in total. The summed E-state index contributed by atoms with van der Waals surface area (Å²) in [6, 6.07) is 0. The molecule has 0 aliphatic carbocycles. The third-order valence-corrected chi connectivity index (χ3v) is 17.6. The van der Waals surface area contributed by atoms with E-state index >= 15 is 0 Å². The Labute approximate surface area is 559 Å². The van der Waals surface area contributed by atoms with Crippen LogP contribution in [0.15, 0.2) is 48.6 Å². The van der Waals surface area contributed by atoms with Gasteiger partial charge in [0.2, 0.25) is 0 Å². The summed E-state index contributed by atoms with van der Waals surface area (Å²) in [5.41, 5.74) is 0. The Morgan fingerprint density at radius 3 is 0.750 bits per heavy atom. The van der Waals surface area contributed by atoms with Crippen molar-refractivity contribution >= 4 is 39.5 Å². The van der Waals surface area contributed by atoms with Gasteiger partial charge < -0.3 is 33.8 Å². The van der Waals surface area contributed by atoms with E-state index in [2.05, 4.69) is 76.3 Å². The highest BCUT2D eigenvalue weighted by Crippen LogP contribution is 2.45. The molecule has 19 heteroatoms. The van der Waals surface area contributed by atoms with Gasteiger partial charge in [0.05, 0.1) is 26.4 Å². The normalized spacial score (nSPS) is 14.3. The van der Waals surface area contributed by atoms with Gasteiger partial charge in [-0.2, -0.15) is 0 Å². The van der Waals surface area contributed by atoms with Gasteiger partial charge in [-0.15, -0.1) is 0 Å². The molecule has 0 spiro atoms. The Balaban J connectivity index is 5.32. The van der Waals surface area contributed by atoms with Crippen LogP contribution in [0.25, 0.3) is 0 Å². The number of phosphoric ester groups is 2. The summed E-state index contributed by atoms with van der Waals surface area (Å²) in [5.74, 6) is -2.19. The number of carbonyl (C=O) groups excluding carboxylic acids is 4. The van der Waals surface area contributed by atoms with Crippen molar-refractivity contribution < 1.29 is 80.2 Å². The van der Waals surface area contributed by atoms with Gasteiger partial charge in [0.1, 0.15) is 19.3 Å². The lowest BCUT2D eigenvalue weighted by atomic mass is 10.1. The molecule has 0 saturated carbocycles. The van der Waals surface area contributed by atoms with Crippen LogP contribution in [0, 0.1) is 0 Å². The third-order valence-electron chi connectivity index (χ3n) is 15.7. The van der Waals surface area contributed by atoms with E-state index in [1.807, 2.05) is 0 Å². The van der Waals surface area contributed by atoms with Crippen LogP contribution in [-0.4, -0.2) is 96.7 Å². The third kappa shape index (κ3) is 65.7. The highest BCUT2D eigenvalue weighted by atomic mass is 31.2. The zero-order chi connectivity index (χ0) is 67.5. The van der Waals surface area contributed by atoms with Gasteiger partial charge in [-0.05, 0) is 128 Å². The molecule has 0 amide bonds. The zero-order valence-electron chi connectivity index (χ0n) is 58.5. The van der Waals surface area contributed by atoms with Crippen LogP contribution in [-0.2, 0) is 65.4 Å². The number of aliphatic hydroxyl groups excluding tert-OH is 1. The number of carbonyl (C=O) groups is 4. The number of hydrogen-bond acceptors (Lipinski definition) is 15. The average molecular weight is 1350 g/mol. The van der Waals surface area contributed by atoms with E-state index in [0.29, 0.717) is 25.7 Å². The fourth-order valence-corrected chi connectivity index (χ4v) is 11.6. The fourth-order valence-electron chi connectivity index (χ4n) is 10.0. The van der Waals surface area contributed by atoms with Crippen molar-refractivity contribution in [1.82, 2.24) is 0 Å². The molecule has 0 rings (SSSR count). The van der Waals surface area contributed by atoms with Crippen molar-refractivity contribution in [2.45, 2.75) is 354 Å². The van der Waals surface area contributed by atoms with E-state index in [0.717, 1.165) is 154 Å². The van der Waals surface area contributed by atoms with Crippen LogP contribution >= 0.6 is 15.6 Å². The summed E-state index contributed by atoms with van der Waals surface area (Å²) >= 11 is 0. The molecule has 17 nitrogen and oxygen atoms in total. The molecule has 92 heavy (non-hydrogen) atoms. The predicted molar refractivity (Wildman–Crippen MR) is 372 cm³/mol. The van der Waals surface area contributed by atoms with Gasteiger partial charge in [0, 0.05) is 25.7 Å². The molecule has 0 aromatic heterocycles. The summed E-state index contributed by atoms with van der Waals surface area (Å²) in [6.45, 7) is 4.81. The Hall–Kier alpha value is -2.98. The van der Waals surface area contributed by atoms with Crippen molar-refractivity contribution in [3.05, 3.63) is 48.6 Å².